The van der Waals surface area contributed by atoms with Crippen LogP contribution in [-0.2, 0) is 11.3 Å². The van der Waals surface area contributed by atoms with Gasteiger partial charge in [-0.3, -0.25) is 4.79 Å². The maximum atomic E-state index is 12.0. The van der Waals surface area contributed by atoms with Crippen LogP contribution in [0, 0.1) is 11.8 Å². The molecule has 1 aromatic carbocycles. The third-order valence-corrected chi connectivity index (χ3v) is 4.52. The van der Waals surface area contributed by atoms with Crippen LogP contribution < -0.4 is 11.1 Å². The summed E-state index contributed by atoms with van der Waals surface area (Å²) in [5.74, 6) is 1.60. The van der Waals surface area contributed by atoms with Crippen LogP contribution >= 0.6 is 0 Å². The summed E-state index contributed by atoms with van der Waals surface area (Å²) < 4.78 is 0. The van der Waals surface area contributed by atoms with Gasteiger partial charge in [0.25, 0.3) is 0 Å². The summed E-state index contributed by atoms with van der Waals surface area (Å²) in [7, 11) is 0. The fraction of sp³-hybridized carbons (Fsp3) is 0.588. The Morgan fingerprint density at radius 2 is 2.19 bits per heavy atom. The monoisotopic (exact) mass is 289 g/mol. The molecule has 1 saturated heterocycles. The molecule has 0 aliphatic carbocycles. The van der Waals surface area contributed by atoms with Crippen molar-refractivity contribution in [1.29, 1.82) is 0 Å². The summed E-state index contributed by atoms with van der Waals surface area (Å²) >= 11 is 0. The number of carbonyl (C=O) groups is 1. The van der Waals surface area contributed by atoms with Gasteiger partial charge in [-0.05, 0) is 42.5 Å². The van der Waals surface area contributed by atoms with Crippen LogP contribution in [0.25, 0.3) is 0 Å². The number of likely N-dealkylation sites (tertiary alicyclic amines) is 1. The zero-order chi connectivity index (χ0) is 15.2. The lowest BCUT2D eigenvalue weighted by molar-refractivity contribution is -0.116. The quantitative estimate of drug-likeness (QED) is 0.875. The number of nitrogens with zero attached hydrogens (tertiary/aromatic N) is 1. The molecule has 0 aromatic heterocycles. The molecule has 2 rings (SSSR count). The van der Waals surface area contributed by atoms with Gasteiger partial charge in [-0.15, -0.1) is 0 Å². The van der Waals surface area contributed by atoms with Crippen LogP contribution in [0.1, 0.15) is 32.3 Å². The van der Waals surface area contributed by atoms with Crippen molar-refractivity contribution in [2.45, 2.75) is 33.2 Å². The van der Waals surface area contributed by atoms with Crippen LogP contribution in [0.4, 0.5) is 5.69 Å². The van der Waals surface area contributed by atoms with E-state index in [2.05, 4.69) is 24.1 Å². The van der Waals surface area contributed by atoms with Crippen LogP contribution in [0.3, 0.4) is 0 Å². The van der Waals surface area contributed by atoms with Crippen molar-refractivity contribution in [2.75, 3.05) is 25.0 Å². The van der Waals surface area contributed by atoms with E-state index in [0.29, 0.717) is 13.0 Å². The third kappa shape index (κ3) is 4.83. The molecule has 2 atom stereocenters. The van der Waals surface area contributed by atoms with Gasteiger partial charge in [-0.25, -0.2) is 0 Å². The number of carbonyl (C=O) groups excluding carboxylic acids is 1. The van der Waals surface area contributed by atoms with Crippen LogP contribution in [-0.4, -0.2) is 30.4 Å². The molecule has 116 valence electrons. The lowest BCUT2D eigenvalue weighted by Gasteiger charge is -2.35. The van der Waals surface area contributed by atoms with Crippen molar-refractivity contribution in [3.8, 4) is 0 Å². The Balaban J connectivity index is 1.77. The highest BCUT2D eigenvalue weighted by molar-refractivity contribution is 5.90. The number of nitrogens with two attached hydrogens (primary N) is 1. The Hall–Kier alpha value is -1.39. The van der Waals surface area contributed by atoms with E-state index in [-0.39, 0.29) is 5.91 Å². The molecular formula is C17H27N3O. The van der Waals surface area contributed by atoms with Gasteiger partial charge in [0.2, 0.25) is 5.91 Å². The molecule has 0 bridgehead atoms. The molecular weight excluding hydrogens is 262 g/mol. The van der Waals surface area contributed by atoms with Crippen molar-refractivity contribution >= 4 is 11.6 Å². The molecule has 0 radical (unpaired) electrons. The van der Waals surface area contributed by atoms with E-state index in [1.165, 1.54) is 6.42 Å². The summed E-state index contributed by atoms with van der Waals surface area (Å²) in [6.45, 7) is 8.18. The number of hydrogen-bond acceptors (Lipinski definition) is 3. The Kier molecular flexibility index (Phi) is 5.76. The molecule has 1 fully saturated rings. The third-order valence-electron chi connectivity index (χ3n) is 4.52. The molecule has 21 heavy (non-hydrogen) atoms. The van der Waals surface area contributed by atoms with Crippen molar-refractivity contribution in [2.24, 2.45) is 17.6 Å². The molecule has 1 heterocycles. The number of nitrogens with one attached hydrogen (secondary N) is 1. The first-order chi connectivity index (χ1) is 10.1. The van der Waals surface area contributed by atoms with Gasteiger partial charge in [-0.2, -0.15) is 0 Å². The lowest BCUT2D eigenvalue weighted by Crippen LogP contribution is -2.39. The Labute approximate surface area is 127 Å². The second-order valence-corrected chi connectivity index (χ2v) is 6.25. The van der Waals surface area contributed by atoms with Crippen molar-refractivity contribution in [1.82, 2.24) is 4.90 Å². The Morgan fingerprint density at radius 3 is 2.90 bits per heavy atom. The molecule has 1 amide bonds. The minimum Gasteiger partial charge on any atom is -0.326 e. The zero-order valence-electron chi connectivity index (χ0n) is 13.1. The Bertz CT molecular complexity index is 475. The van der Waals surface area contributed by atoms with Crippen LogP contribution in [0.5, 0.6) is 0 Å². The summed E-state index contributed by atoms with van der Waals surface area (Å²) in [5, 5.41) is 2.96. The Morgan fingerprint density at radius 1 is 1.38 bits per heavy atom. The second-order valence-electron chi connectivity index (χ2n) is 6.25. The van der Waals surface area contributed by atoms with Crippen molar-refractivity contribution < 1.29 is 4.79 Å². The predicted octanol–water partition coefficient (Wildman–Crippen LogP) is 2.45. The second kappa shape index (κ2) is 7.57. The number of piperidine rings is 1. The molecule has 1 aliphatic rings. The topological polar surface area (TPSA) is 58.4 Å². The summed E-state index contributed by atoms with van der Waals surface area (Å²) in [6.07, 6.45) is 1.79. The van der Waals surface area contributed by atoms with Gasteiger partial charge in [-0.1, -0.05) is 26.0 Å². The number of benzene rings is 1. The standard InChI is InChI=1S/C17H27N3O/c1-13-6-8-20(12-14(13)2)9-7-17(21)19-16-5-3-4-15(10-16)11-18/h3-5,10,13-14H,6-9,11-12,18H2,1-2H3,(H,19,21). The number of amides is 1. The molecule has 4 nitrogen and oxygen atoms in total. The molecule has 3 N–H and O–H groups in total. The molecule has 1 aliphatic heterocycles. The number of hydrogen-bond donors (Lipinski definition) is 2. The molecule has 1 aromatic rings. The van der Waals surface area contributed by atoms with E-state index < -0.39 is 0 Å². The van der Waals surface area contributed by atoms with E-state index in [1.54, 1.807) is 0 Å². The minimum absolute atomic E-state index is 0.0791. The molecule has 0 spiro atoms. The van der Waals surface area contributed by atoms with Gasteiger partial charge in [0.15, 0.2) is 0 Å². The van der Waals surface area contributed by atoms with Gasteiger partial charge in [0.05, 0.1) is 0 Å². The number of anilines is 1. The fourth-order valence-corrected chi connectivity index (χ4v) is 2.81. The molecule has 0 saturated carbocycles. The van der Waals surface area contributed by atoms with Gasteiger partial charge >= 0.3 is 0 Å². The van der Waals surface area contributed by atoms with E-state index in [4.69, 9.17) is 5.73 Å². The van der Waals surface area contributed by atoms with E-state index in [9.17, 15) is 4.79 Å². The SMILES string of the molecule is CC1CCN(CCC(=O)Nc2cccc(CN)c2)CC1C. The average molecular weight is 289 g/mol. The maximum absolute atomic E-state index is 12.0. The van der Waals surface area contributed by atoms with Gasteiger partial charge in [0, 0.05) is 31.7 Å². The zero-order valence-corrected chi connectivity index (χ0v) is 13.1. The van der Waals surface area contributed by atoms with Crippen LogP contribution in [0.2, 0.25) is 0 Å². The summed E-state index contributed by atoms with van der Waals surface area (Å²) in [6, 6.07) is 7.72. The number of rotatable bonds is 5. The van der Waals surface area contributed by atoms with Crippen molar-refractivity contribution in [3.05, 3.63) is 29.8 Å². The van der Waals surface area contributed by atoms with E-state index in [0.717, 1.165) is 42.7 Å². The minimum atomic E-state index is 0.0791. The van der Waals surface area contributed by atoms with Gasteiger partial charge in [0.1, 0.15) is 0 Å². The normalized spacial score (nSPS) is 23.0. The largest absolute Gasteiger partial charge is 0.326 e. The average Bonchev–Trinajstić information content (AvgIpc) is 2.48. The predicted molar refractivity (Wildman–Crippen MR) is 87.0 cm³/mol. The van der Waals surface area contributed by atoms with Crippen molar-refractivity contribution in [3.63, 3.8) is 0 Å². The first kappa shape index (κ1) is 16.0. The van der Waals surface area contributed by atoms with Crippen LogP contribution in [0.15, 0.2) is 24.3 Å². The fourth-order valence-electron chi connectivity index (χ4n) is 2.81. The summed E-state index contributed by atoms with van der Waals surface area (Å²) in [4.78, 5) is 14.4. The van der Waals surface area contributed by atoms with E-state index >= 15 is 0 Å². The van der Waals surface area contributed by atoms with Gasteiger partial charge < -0.3 is 16.0 Å². The first-order valence-corrected chi connectivity index (χ1v) is 7.89. The summed E-state index contributed by atoms with van der Waals surface area (Å²) in [5.41, 5.74) is 7.48. The molecule has 4 heteroatoms. The highest BCUT2D eigenvalue weighted by Gasteiger charge is 2.22. The first-order valence-electron chi connectivity index (χ1n) is 7.89. The lowest BCUT2D eigenvalue weighted by atomic mass is 9.89. The highest BCUT2D eigenvalue weighted by atomic mass is 16.1. The maximum Gasteiger partial charge on any atom is 0.225 e. The highest BCUT2D eigenvalue weighted by Crippen LogP contribution is 2.22. The smallest absolute Gasteiger partial charge is 0.225 e. The van der Waals surface area contributed by atoms with E-state index in [1.807, 2.05) is 24.3 Å². The molecule has 2 unspecified atom stereocenters.